The van der Waals surface area contributed by atoms with E-state index >= 15 is 0 Å². The van der Waals surface area contributed by atoms with Crippen molar-refractivity contribution in [3.05, 3.63) is 48.4 Å². The first-order valence-electron chi connectivity index (χ1n) is 6.79. The van der Waals surface area contributed by atoms with Crippen LogP contribution in [0, 0.1) is 5.92 Å². The zero-order valence-electron chi connectivity index (χ0n) is 12.2. The molecule has 2 rings (SSSR count). The van der Waals surface area contributed by atoms with Gasteiger partial charge in [-0.1, -0.05) is 19.9 Å². The molecule has 0 aliphatic rings. The molecule has 0 radical (unpaired) electrons. The lowest BCUT2D eigenvalue weighted by Gasteiger charge is -2.11. The molecule has 0 unspecified atom stereocenters. The Kier molecular flexibility index (Phi) is 5.03. The van der Waals surface area contributed by atoms with Crippen LogP contribution in [0.5, 0.6) is 0 Å². The Balaban J connectivity index is 2.19. The van der Waals surface area contributed by atoms with Crippen molar-refractivity contribution in [2.24, 2.45) is 5.92 Å². The predicted molar refractivity (Wildman–Crippen MR) is 82.9 cm³/mol. The van der Waals surface area contributed by atoms with Crippen LogP contribution in [0.1, 0.15) is 19.4 Å². The Labute approximate surface area is 125 Å². The lowest BCUT2D eigenvalue weighted by Crippen LogP contribution is -2.28. The van der Waals surface area contributed by atoms with Gasteiger partial charge in [0.15, 0.2) is 0 Å². The molecule has 1 N–H and O–H groups in total. The van der Waals surface area contributed by atoms with Gasteiger partial charge in [-0.2, -0.15) is 0 Å². The highest BCUT2D eigenvalue weighted by Gasteiger charge is 2.14. The van der Waals surface area contributed by atoms with Crippen LogP contribution in [0.2, 0.25) is 0 Å². The number of hydrogen-bond donors (Lipinski definition) is 1. The number of nitrogens with one attached hydrogen (secondary N) is 1. The Morgan fingerprint density at radius 3 is 2.62 bits per heavy atom. The minimum Gasteiger partial charge on any atom is -0.264 e. The predicted octanol–water partition coefficient (Wildman–Crippen LogP) is 2.22. The molecule has 0 saturated heterocycles. The van der Waals surface area contributed by atoms with Crippen molar-refractivity contribution in [2.45, 2.75) is 20.4 Å². The number of rotatable bonds is 6. The normalized spacial score (nSPS) is 11.8. The van der Waals surface area contributed by atoms with Crippen molar-refractivity contribution in [3.63, 3.8) is 0 Å². The largest absolute Gasteiger partial charge is 0.264 e. The zero-order chi connectivity index (χ0) is 15.3. The molecule has 0 amide bonds. The number of nitrogens with zero attached hydrogens (tertiary/aromatic N) is 2. The molecule has 2 heterocycles. The molecule has 0 fully saturated rings. The van der Waals surface area contributed by atoms with Gasteiger partial charge in [-0.3, -0.25) is 9.97 Å². The smallest absolute Gasteiger partial charge is 0.212 e. The highest BCUT2D eigenvalue weighted by Crippen LogP contribution is 2.20. The molecule has 112 valence electrons. The minimum absolute atomic E-state index is 0.0918. The van der Waals surface area contributed by atoms with Gasteiger partial charge in [-0.05, 0) is 29.7 Å². The fraction of sp³-hybridized carbons (Fsp3) is 0.333. The molecular formula is C15H19N3O2S. The number of sulfonamides is 1. The molecular weight excluding hydrogens is 286 g/mol. The van der Waals surface area contributed by atoms with Gasteiger partial charge < -0.3 is 0 Å². The molecule has 2 aromatic rings. The number of aromatic nitrogens is 2. The van der Waals surface area contributed by atoms with Gasteiger partial charge >= 0.3 is 0 Å². The molecule has 0 atom stereocenters. The number of pyridine rings is 2. The van der Waals surface area contributed by atoms with E-state index in [4.69, 9.17) is 0 Å². The van der Waals surface area contributed by atoms with Gasteiger partial charge in [-0.15, -0.1) is 0 Å². The van der Waals surface area contributed by atoms with Gasteiger partial charge in [0.2, 0.25) is 10.0 Å². The van der Waals surface area contributed by atoms with Crippen molar-refractivity contribution in [1.29, 1.82) is 0 Å². The summed E-state index contributed by atoms with van der Waals surface area (Å²) in [5, 5.41) is 0. The fourth-order valence-electron chi connectivity index (χ4n) is 2.03. The fourth-order valence-corrected chi connectivity index (χ4v) is 3.40. The van der Waals surface area contributed by atoms with Crippen LogP contribution in [0.4, 0.5) is 0 Å². The second-order valence-corrected chi connectivity index (χ2v) is 7.10. The highest BCUT2D eigenvalue weighted by molar-refractivity contribution is 7.89. The second-order valence-electron chi connectivity index (χ2n) is 5.25. The Bertz CT molecular complexity index is 685. The van der Waals surface area contributed by atoms with E-state index in [1.54, 1.807) is 24.7 Å². The summed E-state index contributed by atoms with van der Waals surface area (Å²) < 4.78 is 26.5. The topological polar surface area (TPSA) is 72.0 Å². The lowest BCUT2D eigenvalue weighted by molar-refractivity contribution is 0.568. The van der Waals surface area contributed by atoms with Gasteiger partial charge in [0.05, 0.1) is 11.4 Å². The second kappa shape index (κ2) is 6.78. The SMILES string of the molecule is CC(C)CS(=O)(=O)NCc1cccnc1-c1cccnc1. The van der Waals surface area contributed by atoms with Crippen LogP contribution in [-0.4, -0.2) is 24.1 Å². The van der Waals surface area contributed by atoms with E-state index in [1.165, 1.54) is 0 Å². The third-order valence-corrected chi connectivity index (χ3v) is 4.55. The van der Waals surface area contributed by atoms with Crippen LogP contribution in [0.25, 0.3) is 11.3 Å². The van der Waals surface area contributed by atoms with Gasteiger partial charge in [0.25, 0.3) is 0 Å². The standard InChI is InChI=1S/C15H19N3O2S/c1-12(2)11-21(19,20)18-10-14-6-4-8-17-15(14)13-5-3-7-16-9-13/h3-9,12,18H,10-11H2,1-2H3. The maximum Gasteiger partial charge on any atom is 0.212 e. The van der Waals surface area contributed by atoms with E-state index in [1.807, 2.05) is 32.0 Å². The third kappa shape index (κ3) is 4.61. The van der Waals surface area contributed by atoms with E-state index < -0.39 is 10.0 Å². The van der Waals surface area contributed by atoms with Gasteiger partial charge in [0, 0.05) is 30.7 Å². The molecule has 0 saturated carbocycles. The Morgan fingerprint density at radius 1 is 1.19 bits per heavy atom. The molecule has 6 heteroatoms. The first-order valence-corrected chi connectivity index (χ1v) is 8.45. The van der Waals surface area contributed by atoms with Crippen LogP contribution >= 0.6 is 0 Å². The monoisotopic (exact) mass is 305 g/mol. The Morgan fingerprint density at radius 2 is 1.95 bits per heavy atom. The Hall–Kier alpha value is -1.79. The summed E-state index contributed by atoms with van der Waals surface area (Å²) in [5.74, 6) is 0.212. The summed E-state index contributed by atoms with van der Waals surface area (Å²) in [6, 6.07) is 7.40. The van der Waals surface area contributed by atoms with E-state index in [2.05, 4.69) is 14.7 Å². The van der Waals surface area contributed by atoms with Crippen molar-refractivity contribution < 1.29 is 8.42 Å². The zero-order valence-corrected chi connectivity index (χ0v) is 13.0. The summed E-state index contributed by atoms with van der Waals surface area (Å²) in [6.45, 7) is 3.99. The van der Waals surface area contributed by atoms with Gasteiger partial charge in [-0.25, -0.2) is 13.1 Å². The van der Waals surface area contributed by atoms with Gasteiger partial charge in [0.1, 0.15) is 0 Å². The van der Waals surface area contributed by atoms with E-state index in [-0.39, 0.29) is 18.2 Å². The van der Waals surface area contributed by atoms with E-state index in [9.17, 15) is 8.42 Å². The quantitative estimate of drug-likeness (QED) is 0.888. The maximum absolute atomic E-state index is 11.9. The minimum atomic E-state index is -3.27. The lowest BCUT2D eigenvalue weighted by atomic mass is 10.1. The molecule has 21 heavy (non-hydrogen) atoms. The van der Waals surface area contributed by atoms with E-state index in [0.717, 1.165) is 16.8 Å². The highest BCUT2D eigenvalue weighted by atomic mass is 32.2. The summed E-state index contributed by atoms with van der Waals surface area (Å²) in [4.78, 5) is 8.41. The average Bonchev–Trinajstić information content (AvgIpc) is 2.45. The molecule has 0 spiro atoms. The number of hydrogen-bond acceptors (Lipinski definition) is 4. The summed E-state index contributed by atoms with van der Waals surface area (Å²) in [6.07, 6.45) is 5.10. The van der Waals surface area contributed by atoms with Crippen molar-refractivity contribution in [2.75, 3.05) is 5.75 Å². The molecule has 2 aromatic heterocycles. The van der Waals surface area contributed by atoms with Crippen LogP contribution in [0.3, 0.4) is 0 Å². The summed E-state index contributed by atoms with van der Waals surface area (Å²) in [7, 11) is -3.27. The van der Waals surface area contributed by atoms with Crippen molar-refractivity contribution in [3.8, 4) is 11.3 Å². The summed E-state index contributed by atoms with van der Waals surface area (Å²) in [5.41, 5.74) is 2.45. The maximum atomic E-state index is 11.9. The van der Waals surface area contributed by atoms with Crippen LogP contribution in [0.15, 0.2) is 42.9 Å². The first-order chi connectivity index (χ1) is 9.98. The average molecular weight is 305 g/mol. The molecule has 0 aromatic carbocycles. The first kappa shape index (κ1) is 15.6. The van der Waals surface area contributed by atoms with Crippen LogP contribution in [-0.2, 0) is 16.6 Å². The third-order valence-electron chi connectivity index (χ3n) is 2.86. The summed E-state index contributed by atoms with van der Waals surface area (Å²) >= 11 is 0. The molecule has 0 aliphatic heterocycles. The van der Waals surface area contributed by atoms with E-state index in [0.29, 0.717) is 0 Å². The van der Waals surface area contributed by atoms with Crippen molar-refractivity contribution in [1.82, 2.24) is 14.7 Å². The van der Waals surface area contributed by atoms with Crippen molar-refractivity contribution >= 4 is 10.0 Å². The van der Waals surface area contributed by atoms with Crippen LogP contribution < -0.4 is 4.72 Å². The molecule has 5 nitrogen and oxygen atoms in total. The molecule has 0 aliphatic carbocycles. The molecule has 0 bridgehead atoms.